The summed E-state index contributed by atoms with van der Waals surface area (Å²) in [6.45, 7) is 1.88. The predicted molar refractivity (Wildman–Crippen MR) is 96.4 cm³/mol. The first-order valence-electron chi connectivity index (χ1n) is 7.52. The Kier molecular flexibility index (Phi) is 4.62. The van der Waals surface area contributed by atoms with Crippen LogP contribution in [0.25, 0.3) is 0 Å². The molecule has 128 valence electrons. The summed E-state index contributed by atoms with van der Waals surface area (Å²) in [5.74, 6) is -0.501. The Bertz CT molecular complexity index is 977. The average molecular weight is 357 g/mol. The molecule has 0 aliphatic heterocycles. The lowest BCUT2D eigenvalue weighted by Gasteiger charge is -2.08. The second-order valence-corrected chi connectivity index (χ2v) is 5.91. The summed E-state index contributed by atoms with van der Waals surface area (Å²) in [5.41, 5.74) is 11.2. The zero-order valence-corrected chi connectivity index (χ0v) is 14.3. The van der Waals surface area contributed by atoms with Crippen molar-refractivity contribution in [3.05, 3.63) is 70.2 Å². The Balaban J connectivity index is 1.83. The molecule has 0 radical (unpaired) electrons. The lowest BCUT2D eigenvalue weighted by Crippen LogP contribution is -2.14. The van der Waals surface area contributed by atoms with E-state index in [0.29, 0.717) is 5.56 Å². The van der Waals surface area contributed by atoms with Gasteiger partial charge in [0.25, 0.3) is 0 Å². The molecule has 0 aliphatic rings. The van der Waals surface area contributed by atoms with E-state index in [1.54, 1.807) is 0 Å². The van der Waals surface area contributed by atoms with Gasteiger partial charge in [-0.3, -0.25) is 10.2 Å². The minimum absolute atomic E-state index is 0.0861. The number of nitrogens with two attached hydrogens (primary N) is 1. The Hall–Kier alpha value is -3.00. The smallest absolute Gasteiger partial charge is 0.240 e. The van der Waals surface area contributed by atoms with E-state index in [1.165, 1.54) is 33.6 Å². The highest BCUT2D eigenvalue weighted by atomic mass is 32.1. The van der Waals surface area contributed by atoms with Gasteiger partial charge >= 0.3 is 0 Å². The van der Waals surface area contributed by atoms with Gasteiger partial charge in [0.15, 0.2) is 5.78 Å². The number of ketones is 1. The highest BCUT2D eigenvalue weighted by Gasteiger charge is 2.13. The minimum Gasteiger partial charge on any atom is -0.366 e. The quantitative estimate of drug-likeness (QED) is 0.542. The molecule has 0 bridgehead atoms. The standard InChI is InChI=1S/C17H16FN5OS/c1-11-3-2-4-14(9-11)20-23-16(19)21-22(17(23)25)10-15(24)12-5-7-13(18)8-6-12/h2-9,20H,10H2,1H3,(H2,19,21). The molecule has 0 spiro atoms. The molecule has 3 rings (SSSR count). The summed E-state index contributed by atoms with van der Waals surface area (Å²) in [6, 6.07) is 13.0. The van der Waals surface area contributed by atoms with Crippen LogP contribution in [-0.4, -0.2) is 20.2 Å². The Morgan fingerprint density at radius 2 is 2.00 bits per heavy atom. The van der Waals surface area contributed by atoms with Crippen molar-refractivity contribution in [2.24, 2.45) is 0 Å². The van der Waals surface area contributed by atoms with Gasteiger partial charge in [0.05, 0.1) is 5.69 Å². The number of hydrogen-bond donors (Lipinski definition) is 2. The Labute approximate surface area is 148 Å². The van der Waals surface area contributed by atoms with Gasteiger partial charge in [-0.1, -0.05) is 12.1 Å². The molecule has 0 amide bonds. The fraction of sp³-hybridized carbons (Fsp3) is 0.118. The molecule has 0 aliphatic carbocycles. The van der Waals surface area contributed by atoms with Crippen molar-refractivity contribution in [1.29, 1.82) is 0 Å². The summed E-state index contributed by atoms with van der Waals surface area (Å²) in [5, 5.41) is 4.11. The number of aryl methyl sites for hydroxylation is 1. The van der Waals surface area contributed by atoms with Gasteiger partial charge in [-0.2, -0.15) is 4.68 Å². The van der Waals surface area contributed by atoms with Crippen molar-refractivity contribution >= 4 is 29.6 Å². The van der Waals surface area contributed by atoms with E-state index < -0.39 is 5.82 Å². The third-order valence-corrected chi connectivity index (χ3v) is 3.98. The number of carbonyl (C=O) groups excluding carboxylic acids is 1. The number of nitrogen functional groups attached to an aromatic ring is 1. The highest BCUT2D eigenvalue weighted by Crippen LogP contribution is 2.13. The number of carbonyl (C=O) groups is 1. The SMILES string of the molecule is Cc1cccc(Nn2c(N)nn(CC(=O)c3ccc(F)cc3)c2=S)c1. The Morgan fingerprint density at radius 3 is 2.68 bits per heavy atom. The molecule has 0 saturated carbocycles. The summed E-state index contributed by atoms with van der Waals surface area (Å²) < 4.78 is 16.0. The van der Waals surface area contributed by atoms with E-state index in [1.807, 2.05) is 31.2 Å². The molecule has 2 aromatic carbocycles. The molecule has 0 atom stereocenters. The third-order valence-electron chi connectivity index (χ3n) is 3.58. The monoisotopic (exact) mass is 357 g/mol. The number of halogens is 1. The maximum Gasteiger partial charge on any atom is 0.240 e. The van der Waals surface area contributed by atoms with E-state index in [2.05, 4.69) is 10.5 Å². The van der Waals surface area contributed by atoms with Gasteiger partial charge in [0.2, 0.25) is 10.7 Å². The van der Waals surface area contributed by atoms with Crippen LogP contribution >= 0.6 is 12.2 Å². The second-order valence-electron chi connectivity index (χ2n) is 5.55. The highest BCUT2D eigenvalue weighted by molar-refractivity contribution is 7.71. The van der Waals surface area contributed by atoms with Gasteiger partial charge in [-0.15, -0.1) is 5.10 Å². The first kappa shape index (κ1) is 16.8. The largest absolute Gasteiger partial charge is 0.366 e. The Morgan fingerprint density at radius 1 is 1.28 bits per heavy atom. The van der Waals surface area contributed by atoms with Crippen LogP contribution in [0.2, 0.25) is 0 Å². The van der Waals surface area contributed by atoms with E-state index in [0.717, 1.165) is 11.3 Å². The zero-order valence-electron chi connectivity index (χ0n) is 13.4. The van der Waals surface area contributed by atoms with Gasteiger partial charge in [0.1, 0.15) is 12.4 Å². The molecule has 0 unspecified atom stereocenters. The van der Waals surface area contributed by atoms with Crippen molar-refractivity contribution in [1.82, 2.24) is 14.5 Å². The van der Waals surface area contributed by atoms with Crippen LogP contribution in [0.5, 0.6) is 0 Å². The number of hydrogen-bond acceptors (Lipinski definition) is 5. The summed E-state index contributed by atoms with van der Waals surface area (Å²) in [6.07, 6.45) is 0. The van der Waals surface area contributed by atoms with Crippen molar-refractivity contribution in [2.75, 3.05) is 11.2 Å². The van der Waals surface area contributed by atoms with Crippen LogP contribution in [-0.2, 0) is 6.54 Å². The molecule has 3 aromatic rings. The molecular formula is C17H16FN5OS. The van der Waals surface area contributed by atoms with Crippen LogP contribution in [0.3, 0.4) is 0 Å². The third kappa shape index (κ3) is 3.74. The molecule has 1 heterocycles. The van der Waals surface area contributed by atoms with Crippen LogP contribution < -0.4 is 11.2 Å². The van der Waals surface area contributed by atoms with E-state index in [4.69, 9.17) is 18.0 Å². The maximum atomic E-state index is 13.0. The molecule has 6 nitrogen and oxygen atoms in total. The van der Waals surface area contributed by atoms with Crippen LogP contribution in [0.15, 0.2) is 48.5 Å². The fourth-order valence-electron chi connectivity index (χ4n) is 2.34. The van der Waals surface area contributed by atoms with Gasteiger partial charge in [-0.25, -0.2) is 9.07 Å². The first-order chi connectivity index (χ1) is 11.9. The topological polar surface area (TPSA) is 77.9 Å². The number of nitrogens with zero attached hydrogens (tertiary/aromatic N) is 3. The first-order valence-corrected chi connectivity index (χ1v) is 7.92. The molecule has 1 aromatic heterocycles. The van der Waals surface area contributed by atoms with E-state index >= 15 is 0 Å². The van der Waals surface area contributed by atoms with E-state index in [9.17, 15) is 9.18 Å². The number of benzene rings is 2. The molecule has 3 N–H and O–H groups in total. The number of aromatic nitrogens is 3. The van der Waals surface area contributed by atoms with Crippen LogP contribution in [0.1, 0.15) is 15.9 Å². The van der Waals surface area contributed by atoms with Gasteiger partial charge < -0.3 is 5.73 Å². The summed E-state index contributed by atoms with van der Waals surface area (Å²) in [7, 11) is 0. The van der Waals surface area contributed by atoms with Crippen molar-refractivity contribution in [2.45, 2.75) is 13.5 Å². The van der Waals surface area contributed by atoms with Crippen LogP contribution in [0.4, 0.5) is 16.0 Å². The van der Waals surface area contributed by atoms with Gasteiger partial charge in [0, 0.05) is 5.56 Å². The second kappa shape index (κ2) is 6.86. The lowest BCUT2D eigenvalue weighted by molar-refractivity contribution is 0.0967. The summed E-state index contributed by atoms with van der Waals surface area (Å²) in [4.78, 5) is 12.3. The molecule has 25 heavy (non-hydrogen) atoms. The van der Waals surface area contributed by atoms with Crippen molar-refractivity contribution < 1.29 is 9.18 Å². The molecule has 0 fully saturated rings. The van der Waals surface area contributed by atoms with Crippen molar-refractivity contribution in [3.63, 3.8) is 0 Å². The zero-order chi connectivity index (χ0) is 18.0. The van der Waals surface area contributed by atoms with E-state index in [-0.39, 0.29) is 23.0 Å². The lowest BCUT2D eigenvalue weighted by atomic mass is 10.1. The van der Waals surface area contributed by atoms with Gasteiger partial charge in [-0.05, 0) is 61.1 Å². The van der Waals surface area contributed by atoms with Crippen molar-refractivity contribution in [3.8, 4) is 0 Å². The number of nitrogens with one attached hydrogen (secondary N) is 1. The van der Waals surface area contributed by atoms with Crippen LogP contribution in [0, 0.1) is 17.5 Å². The number of Topliss-reactive ketones (excluding diaryl/α,β-unsaturated/α-hetero) is 1. The molecule has 0 saturated heterocycles. The number of rotatable bonds is 5. The number of anilines is 2. The molecular weight excluding hydrogens is 341 g/mol. The average Bonchev–Trinajstić information content (AvgIpc) is 2.83. The minimum atomic E-state index is -0.399. The maximum absolute atomic E-state index is 13.0. The summed E-state index contributed by atoms with van der Waals surface area (Å²) >= 11 is 5.34. The fourth-order valence-corrected chi connectivity index (χ4v) is 2.58. The normalized spacial score (nSPS) is 10.6. The predicted octanol–water partition coefficient (Wildman–Crippen LogP) is 3.20. The molecule has 8 heteroatoms.